The predicted octanol–water partition coefficient (Wildman–Crippen LogP) is 2.12. The van der Waals surface area contributed by atoms with Crippen molar-refractivity contribution in [3.05, 3.63) is 41.5 Å². The van der Waals surface area contributed by atoms with Crippen LogP contribution in [0.5, 0.6) is 0 Å². The highest BCUT2D eigenvalue weighted by atomic mass is 32.2. The van der Waals surface area contributed by atoms with Crippen molar-refractivity contribution in [2.45, 2.75) is 25.7 Å². The van der Waals surface area contributed by atoms with Gasteiger partial charge >= 0.3 is 5.97 Å². The molecule has 0 heterocycles. The Morgan fingerprint density at radius 2 is 1.81 bits per heavy atom. The molecular formula is C15H21NO4S. The van der Waals surface area contributed by atoms with Crippen LogP contribution in [-0.4, -0.2) is 38.9 Å². The summed E-state index contributed by atoms with van der Waals surface area (Å²) in [5.41, 5.74) is 1.95. The first-order chi connectivity index (χ1) is 9.77. The Bertz CT molecular complexity index is 614. The van der Waals surface area contributed by atoms with Crippen LogP contribution in [0.4, 0.5) is 0 Å². The highest BCUT2D eigenvalue weighted by Gasteiger charge is 2.26. The summed E-state index contributed by atoms with van der Waals surface area (Å²) >= 11 is 0. The van der Waals surface area contributed by atoms with Crippen LogP contribution >= 0.6 is 0 Å². The average molecular weight is 311 g/mol. The molecule has 0 saturated heterocycles. The van der Waals surface area contributed by atoms with E-state index in [-0.39, 0.29) is 18.0 Å². The Kier molecular flexibility index (Phi) is 6.11. The molecule has 1 aromatic carbocycles. The number of hydrogen-bond donors (Lipinski definition) is 0. The van der Waals surface area contributed by atoms with Gasteiger partial charge in [0.1, 0.15) is 6.54 Å². The van der Waals surface area contributed by atoms with Crippen molar-refractivity contribution in [1.82, 2.24) is 4.31 Å². The van der Waals surface area contributed by atoms with Crippen LogP contribution in [-0.2, 0) is 19.6 Å². The van der Waals surface area contributed by atoms with Gasteiger partial charge in [0, 0.05) is 6.54 Å². The van der Waals surface area contributed by atoms with Gasteiger partial charge in [0.25, 0.3) is 0 Å². The minimum atomic E-state index is -3.73. The first kappa shape index (κ1) is 17.4. The number of rotatable bonds is 6. The lowest BCUT2D eigenvalue weighted by atomic mass is 10.2. The van der Waals surface area contributed by atoms with E-state index >= 15 is 0 Å². The fraction of sp³-hybridized carbons (Fsp3) is 0.400. The lowest BCUT2D eigenvalue weighted by Gasteiger charge is -2.20. The number of sulfonamides is 1. The zero-order chi connectivity index (χ0) is 16.0. The number of benzene rings is 1. The Labute approximate surface area is 126 Å². The number of esters is 1. The quantitative estimate of drug-likeness (QED) is 0.596. The molecule has 0 amide bonds. The standard InChI is InChI=1S/C15H21NO4S/c1-12(2)9-10-16(11-15(17)20-4)21(18,19)14-7-5-13(3)6-8-14/h5-9H,10-11H2,1-4H3. The second-order valence-corrected chi connectivity index (χ2v) is 6.91. The van der Waals surface area contributed by atoms with Gasteiger partial charge in [0.05, 0.1) is 12.0 Å². The molecule has 6 heteroatoms. The summed E-state index contributed by atoms with van der Waals surface area (Å²) in [4.78, 5) is 11.6. The third-order valence-electron chi connectivity index (χ3n) is 2.90. The van der Waals surface area contributed by atoms with Crippen LogP contribution in [0.15, 0.2) is 40.8 Å². The SMILES string of the molecule is COC(=O)CN(CC=C(C)C)S(=O)(=O)c1ccc(C)cc1. The minimum Gasteiger partial charge on any atom is -0.468 e. The van der Waals surface area contributed by atoms with E-state index in [2.05, 4.69) is 4.74 Å². The van der Waals surface area contributed by atoms with Gasteiger partial charge in [-0.25, -0.2) is 8.42 Å². The molecule has 0 radical (unpaired) electrons. The Balaban J connectivity index is 3.12. The lowest BCUT2D eigenvalue weighted by Crippen LogP contribution is -2.36. The van der Waals surface area contributed by atoms with E-state index in [1.807, 2.05) is 20.8 Å². The van der Waals surface area contributed by atoms with Crippen LogP contribution in [0.25, 0.3) is 0 Å². The van der Waals surface area contributed by atoms with Crippen LogP contribution in [0.3, 0.4) is 0 Å². The maximum absolute atomic E-state index is 12.6. The average Bonchev–Trinajstić information content (AvgIpc) is 2.43. The van der Waals surface area contributed by atoms with E-state index in [9.17, 15) is 13.2 Å². The predicted molar refractivity (Wildman–Crippen MR) is 81.4 cm³/mol. The summed E-state index contributed by atoms with van der Waals surface area (Å²) in [7, 11) is -2.49. The summed E-state index contributed by atoms with van der Waals surface area (Å²) < 4.78 is 30.9. The number of carbonyl (C=O) groups excluding carboxylic acids is 1. The third kappa shape index (κ3) is 4.99. The number of hydrogen-bond acceptors (Lipinski definition) is 4. The molecule has 1 rings (SSSR count). The first-order valence-corrected chi connectivity index (χ1v) is 7.98. The molecular weight excluding hydrogens is 290 g/mol. The fourth-order valence-corrected chi connectivity index (χ4v) is 2.92. The Hall–Kier alpha value is -1.66. The molecule has 21 heavy (non-hydrogen) atoms. The van der Waals surface area contributed by atoms with Crippen molar-refractivity contribution in [2.75, 3.05) is 20.2 Å². The van der Waals surface area contributed by atoms with Gasteiger partial charge in [0.15, 0.2) is 0 Å². The number of aryl methyl sites for hydroxylation is 1. The lowest BCUT2D eigenvalue weighted by molar-refractivity contribution is -0.140. The topological polar surface area (TPSA) is 63.7 Å². The molecule has 0 fully saturated rings. The van der Waals surface area contributed by atoms with Crippen molar-refractivity contribution >= 4 is 16.0 Å². The maximum atomic E-state index is 12.6. The van der Waals surface area contributed by atoms with Crippen LogP contribution < -0.4 is 0 Å². The summed E-state index contributed by atoms with van der Waals surface area (Å²) in [5, 5.41) is 0. The largest absolute Gasteiger partial charge is 0.468 e. The molecule has 0 saturated carbocycles. The van der Waals surface area contributed by atoms with Crippen LogP contribution in [0, 0.1) is 6.92 Å². The molecule has 0 aliphatic heterocycles. The van der Waals surface area contributed by atoms with Crippen molar-refractivity contribution in [3.63, 3.8) is 0 Å². The van der Waals surface area contributed by atoms with E-state index in [1.54, 1.807) is 18.2 Å². The smallest absolute Gasteiger partial charge is 0.321 e. The van der Waals surface area contributed by atoms with E-state index in [0.717, 1.165) is 15.4 Å². The highest BCUT2D eigenvalue weighted by Crippen LogP contribution is 2.16. The van der Waals surface area contributed by atoms with Gasteiger partial charge in [-0.2, -0.15) is 4.31 Å². The number of ether oxygens (including phenoxy) is 1. The number of methoxy groups -OCH3 is 1. The normalized spacial score (nSPS) is 11.3. The number of carbonyl (C=O) groups is 1. The Morgan fingerprint density at radius 1 is 1.24 bits per heavy atom. The van der Waals surface area contributed by atoms with E-state index < -0.39 is 16.0 Å². The van der Waals surface area contributed by atoms with Gasteiger partial charge in [-0.3, -0.25) is 4.79 Å². The minimum absolute atomic E-state index is 0.133. The molecule has 0 aliphatic rings. The first-order valence-electron chi connectivity index (χ1n) is 6.54. The fourth-order valence-electron chi connectivity index (χ4n) is 1.60. The Morgan fingerprint density at radius 3 is 2.29 bits per heavy atom. The monoisotopic (exact) mass is 311 g/mol. The molecule has 5 nitrogen and oxygen atoms in total. The molecule has 1 aromatic rings. The molecule has 0 atom stereocenters. The van der Waals surface area contributed by atoms with Gasteiger partial charge in [0.2, 0.25) is 10.0 Å². The van der Waals surface area contributed by atoms with Crippen molar-refractivity contribution in [1.29, 1.82) is 0 Å². The second kappa shape index (κ2) is 7.38. The molecule has 0 aromatic heterocycles. The van der Waals surface area contributed by atoms with Crippen LogP contribution in [0.1, 0.15) is 19.4 Å². The van der Waals surface area contributed by atoms with E-state index in [4.69, 9.17) is 0 Å². The molecule has 0 N–H and O–H groups in total. The van der Waals surface area contributed by atoms with Crippen molar-refractivity contribution in [2.24, 2.45) is 0 Å². The summed E-state index contributed by atoms with van der Waals surface area (Å²) in [6.07, 6.45) is 1.76. The molecule has 116 valence electrons. The number of allylic oxidation sites excluding steroid dienone is 1. The molecule has 0 unspecified atom stereocenters. The van der Waals surface area contributed by atoms with Gasteiger partial charge in [-0.1, -0.05) is 29.3 Å². The molecule has 0 aliphatic carbocycles. The summed E-state index contributed by atoms with van der Waals surface area (Å²) in [6, 6.07) is 6.53. The summed E-state index contributed by atoms with van der Waals surface area (Å²) in [6.45, 7) is 5.44. The highest BCUT2D eigenvalue weighted by molar-refractivity contribution is 7.89. The van der Waals surface area contributed by atoms with Crippen molar-refractivity contribution < 1.29 is 17.9 Å². The zero-order valence-corrected chi connectivity index (χ0v) is 13.6. The summed E-state index contributed by atoms with van der Waals surface area (Å²) in [5.74, 6) is -0.590. The maximum Gasteiger partial charge on any atom is 0.321 e. The molecule has 0 bridgehead atoms. The van der Waals surface area contributed by atoms with Gasteiger partial charge in [-0.15, -0.1) is 0 Å². The number of nitrogens with zero attached hydrogens (tertiary/aromatic N) is 1. The van der Waals surface area contributed by atoms with Crippen molar-refractivity contribution in [3.8, 4) is 0 Å². The molecule has 0 spiro atoms. The van der Waals surface area contributed by atoms with E-state index in [1.165, 1.54) is 19.2 Å². The van der Waals surface area contributed by atoms with Crippen LogP contribution in [0.2, 0.25) is 0 Å². The zero-order valence-electron chi connectivity index (χ0n) is 12.8. The second-order valence-electron chi connectivity index (χ2n) is 4.97. The van der Waals surface area contributed by atoms with Gasteiger partial charge < -0.3 is 4.74 Å². The van der Waals surface area contributed by atoms with E-state index in [0.29, 0.717) is 0 Å². The van der Waals surface area contributed by atoms with Gasteiger partial charge in [-0.05, 0) is 32.9 Å². The third-order valence-corrected chi connectivity index (χ3v) is 4.72.